The van der Waals surface area contributed by atoms with Crippen LogP contribution in [0.5, 0.6) is 0 Å². The molecular formula is C3H5N3O3S2. The Labute approximate surface area is 67.2 Å². The first kappa shape index (κ1) is 8.37. The van der Waals surface area contributed by atoms with Crippen LogP contribution in [0.2, 0.25) is 0 Å². The summed E-state index contributed by atoms with van der Waals surface area (Å²) in [7, 11) is -4.21. The molecule has 1 heterocycles. The van der Waals surface area contributed by atoms with Crippen molar-refractivity contribution in [2.24, 2.45) is 0 Å². The highest BCUT2D eigenvalue weighted by molar-refractivity contribution is 7.87. The highest BCUT2D eigenvalue weighted by atomic mass is 32.2. The fourth-order valence-corrected chi connectivity index (χ4v) is 1.64. The van der Waals surface area contributed by atoms with E-state index in [4.69, 9.17) is 4.55 Å². The van der Waals surface area contributed by atoms with E-state index < -0.39 is 10.3 Å². The van der Waals surface area contributed by atoms with Crippen LogP contribution in [0.15, 0.2) is 0 Å². The molecule has 0 saturated carbocycles. The summed E-state index contributed by atoms with van der Waals surface area (Å²) in [4.78, 5) is 0. The molecule has 0 aliphatic rings. The van der Waals surface area contributed by atoms with Crippen molar-refractivity contribution in [2.75, 3.05) is 4.72 Å². The molecule has 0 unspecified atom stereocenters. The van der Waals surface area contributed by atoms with Crippen LogP contribution in [0, 0.1) is 6.92 Å². The van der Waals surface area contributed by atoms with Gasteiger partial charge >= 0.3 is 10.3 Å². The molecule has 0 spiro atoms. The van der Waals surface area contributed by atoms with Crippen molar-refractivity contribution in [1.82, 2.24) is 10.2 Å². The number of nitrogens with one attached hydrogen (secondary N) is 1. The van der Waals surface area contributed by atoms with Gasteiger partial charge in [-0.25, -0.2) is 4.72 Å². The highest BCUT2D eigenvalue weighted by Gasteiger charge is 2.07. The summed E-state index contributed by atoms with van der Waals surface area (Å²) in [6.07, 6.45) is 0. The molecule has 8 heteroatoms. The van der Waals surface area contributed by atoms with Crippen LogP contribution in [0.25, 0.3) is 0 Å². The van der Waals surface area contributed by atoms with Crippen LogP contribution in [0.3, 0.4) is 0 Å². The Hall–Kier alpha value is -0.730. The second kappa shape index (κ2) is 2.72. The Morgan fingerprint density at radius 2 is 2.18 bits per heavy atom. The molecule has 0 aliphatic heterocycles. The van der Waals surface area contributed by atoms with Gasteiger partial charge in [-0.3, -0.25) is 4.55 Å². The number of rotatable bonds is 2. The predicted octanol–water partition coefficient (Wildman–Crippen LogP) is 0.0612. The van der Waals surface area contributed by atoms with Crippen molar-refractivity contribution in [3.8, 4) is 0 Å². The van der Waals surface area contributed by atoms with E-state index >= 15 is 0 Å². The largest absolute Gasteiger partial charge is 0.359 e. The molecular weight excluding hydrogens is 190 g/mol. The van der Waals surface area contributed by atoms with Crippen LogP contribution >= 0.6 is 11.3 Å². The van der Waals surface area contributed by atoms with Crippen molar-refractivity contribution >= 4 is 26.8 Å². The topological polar surface area (TPSA) is 92.2 Å². The van der Waals surface area contributed by atoms with Crippen molar-refractivity contribution in [2.45, 2.75) is 6.92 Å². The molecule has 0 radical (unpaired) electrons. The molecule has 0 saturated heterocycles. The minimum absolute atomic E-state index is 0.0602. The maximum atomic E-state index is 10.2. The monoisotopic (exact) mass is 195 g/mol. The molecule has 11 heavy (non-hydrogen) atoms. The predicted molar refractivity (Wildman–Crippen MR) is 39.8 cm³/mol. The molecule has 0 atom stereocenters. The molecule has 0 fully saturated rings. The molecule has 2 N–H and O–H groups in total. The molecule has 1 rings (SSSR count). The number of aryl methyl sites for hydroxylation is 1. The highest BCUT2D eigenvalue weighted by Crippen LogP contribution is 2.14. The van der Waals surface area contributed by atoms with Gasteiger partial charge in [-0.05, 0) is 6.92 Å². The normalized spacial score (nSPS) is 11.5. The smallest absolute Gasteiger partial charge is 0.269 e. The van der Waals surface area contributed by atoms with Crippen molar-refractivity contribution in [3.63, 3.8) is 0 Å². The van der Waals surface area contributed by atoms with Gasteiger partial charge in [-0.1, -0.05) is 11.3 Å². The Balaban J connectivity index is 2.81. The lowest BCUT2D eigenvalue weighted by molar-refractivity contribution is 0.489. The molecule has 0 bridgehead atoms. The fourth-order valence-electron chi connectivity index (χ4n) is 0.448. The zero-order valence-corrected chi connectivity index (χ0v) is 7.11. The molecule has 0 amide bonds. The van der Waals surface area contributed by atoms with Crippen LogP contribution in [-0.2, 0) is 10.3 Å². The third kappa shape index (κ3) is 2.78. The third-order valence-corrected chi connectivity index (χ3v) is 2.08. The van der Waals surface area contributed by atoms with Crippen molar-refractivity contribution < 1.29 is 13.0 Å². The number of anilines is 1. The van der Waals surface area contributed by atoms with Gasteiger partial charge in [0, 0.05) is 0 Å². The van der Waals surface area contributed by atoms with Gasteiger partial charge in [0.05, 0.1) is 0 Å². The summed E-state index contributed by atoms with van der Waals surface area (Å²) in [6, 6.07) is 0. The zero-order valence-electron chi connectivity index (χ0n) is 5.47. The van der Waals surface area contributed by atoms with Crippen LogP contribution in [0.4, 0.5) is 5.13 Å². The number of hydrogen-bond donors (Lipinski definition) is 2. The minimum atomic E-state index is -4.21. The molecule has 62 valence electrons. The van der Waals surface area contributed by atoms with Gasteiger partial charge in [-0.15, -0.1) is 10.2 Å². The Kier molecular flexibility index (Phi) is 2.07. The number of hydrogen-bond acceptors (Lipinski definition) is 5. The average molecular weight is 195 g/mol. The maximum absolute atomic E-state index is 10.2. The van der Waals surface area contributed by atoms with Gasteiger partial charge in [0.2, 0.25) is 5.13 Å². The Bertz CT molecular complexity index is 342. The standard InChI is InChI=1S/C3H5N3O3S2/c1-2-4-5-3(10-2)6-11(7,8)9/h1H3,(H,5,6)(H,7,8,9). The summed E-state index contributed by atoms with van der Waals surface area (Å²) in [5.74, 6) is 0. The lowest BCUT2D eigenvalue weighted by Crippen LogP contribution is -2.09. The summed E-state index contributed by atoms with van der Waals surface area (Å²) in [6.45, 7) is 1.67. The van der Waals surface area contributed by atoms with E-state index in [2.05, 4.69) is 10.2 Å². The summed E-state index contributed by atoms with van der Waals surface area (Å²) >= 11 is 1.04. The van der Waals surface area contributed by atoms with E-state index in [1.807, 2.05) is 0 Å². The fraction of sp³-hybridized carbons (Fsp3) is 0.333. The van der Waals surface area contributed by atoms with Crippen LogP contribution in [0.1, 0.15) is 5.01 Å². The van der Waals surface area contributed by atoms with Gasteiger partial charge in [-0.2, -0.15) is 8.42 Å². The Morgan fingerprint density at radius 1 is 1.55 bits per heavy atom. The van der Waals surface area contributed by atoms with Gasteiger partial charge in [0.1, 0.15) is 5.01 Å². The third-order valence-electron chi connectivity index (χ3n) is 0.742. The molecule has 0 aromatic carbocycles. The molecule has 6 nitrogen and oxygen atoms in total. The Morgan fingerprint density at radius 3 is 2.55 bits per heavy atom. The maximum Gasteiger partial charge on any atom is 0.359 e. The molecule has 1 aromatic heterocycles. The SMILES string of the molecule is Cc1nnc(NS(=O)(=O)O)s1. The zero-order chi connectivity index (χ0) is 8.48. The first-order valence-electron chi connectivity index (χ1n) is 2.53. The average Bonchev–Trinajstić information content (AvgIpc) is 2.10. The molecule has 0 aliphatic carbocycles. The van der Waals surface area contributed by atoms with E-state index in [9.17, 15) is 8.42 Å². The van der Waals surface area contributed by atoms with Crippen molar-refractivity contribution in [3.05, 3.63) is 5.01 Å². The molecule has 1 aromatic rings. The number of aromatic nitrogens is 2. The second-order valence-electron chi connectivity index (χ2n) is 1.70. The van der Waals surface area contributed by atoms with E-state index in [1.54, 1.807) is 11.6 Å². The summed E-state index contributed by atoms with van der Waals surface area (Å²) in [5, 5.41) is 7.63. The van der Waals surface area contributed by atoms with Crippen molar-refractivity contribution in [1.29, 1.82) is 0 Å². The second-order valence-corrected chi connectivity index (χ2v) is 4.04. The summed E-state index contributed by atoms with van der Waals surface area (Å²) in [5.41, 5.74) is 0. The first-order valence-corrected chi connectivity index (χ1v) is 4.78. The lowest BCUT2D eigenvalue weighted by Gasteiger charge is -1.92. The first-order chi connectivity index (χ1) is 4.97. The van der Waals surface area contributed by atoms with E-state index in [1.165, 1.54) is 0 Å². The van der Waals surface area contributed by atoms with E-state index in [-0.39, 0.29) is 5.13 Å². The van der Waals surface area contributed by atoms with Crippen LogP contribution < -0.4 is 4.72 Å². The van der Waals surface area contributed by atoms with Gasteiger partial charge < -0.3 is 0 Å². The van der Waals surface area contributed by atoms with Gasteiger partial charge in [0.15, 0.2) is 0 Å². The minimum Gasteiger partial charge on any atom is -0.269 e. The quantitative estimate of drug-likeness (QED) is 0.651. The van der Waals surface area contributed by atoms with E-state index in [0.29, 0.717) is 5.01 Å². The van der Waals surface area contributed by atoms with E-state index in [0.717, 1.165) is 11.3 Å². The number of nitrogens with zero attached hydrogens (tertiary/aromatic N) is 2. The summed E-state index contributed by atoms with van der Waals surface area (Å²) < 4.78 is 30.4. The van der Waals surface area contributed by atoms with Crippen LogP contribution in [-0.4, -0.2) is 23.2 Å². The lowest BCUT2D eigenvalue weighted by atomic mass is 10.9. The van der Waals surface area contributed by atoms with Gasteiger partial charge in [0.25, 0.3) is 0 Å².